The minimum atomic E-state index is -0.569. The van der Waals surface area contributed by atoms with Crippen molar-refractivity contribution in [2.75, 3.05) is 5.32 Å². The van der Waals surface area contributed by atoms with Gasteiger partial charge in [-0.15, -0.1) is 0 Å². The van der Waals surface area contributed by atoms with Crippen molar-refractivity contribution in [1.82, 2.24) is 4.57 Å². The number of ether oxygens (including phenoxy) is 1. The molecule has 0 unspecified atom stereocenters. The second-order valence-electron chi connectivity index (χ2n) is 7.16. The smallest absolute Gasteiger partial charge is 0.412 e. The second-order valence-corrected chi connectivity index (χ2v) is 7.16. The molecule has 1 aromatic carbocycles. The molecule has 0 fully saturated rings. The van der Waals surface area contributed by atoms with Gasteiger partial charge in [-0.05, 0) is 71.0 Å². The Morgan fingerprint density at radius 1 is 1.08 bits per heavy atom. The molecule has 26 heavy (non-hydrogen) atoms. The third kappa shape index (κ3) is 5.58. The average molecular weight is 355 g/mol. The van der Waals surface area contributed by atoms with Crippen molar-refractivity contribution in [3.8, 4) is 0 Å². The Morgan fingerprint density at radius 3 is 2.31 bits per heavy atom. The minimum Gasteiger partial charge on any atom is -0.444 e. The van der Waals surface area contributed by atoms with Crippen molar-refractivity contribution in [2.24, 2.45) is 4.99 Å². The number of benzene rings is 1. The highest BCUT2D eigenvalue weighted by Gasteiger charge is 2.16. The van der Waals surface area contributed by atoms with E-state index >= 15 is 0 Å². The molecule has 0 saturated carbocycles. The molecule has 1 N–H and O–H groups in total. The van der Waals surface area contributed by atoms with Crippen LogP contribution in [-0.2, 0) is 4.74 Å². The van der Waals surface area contributed by atoms with E-state index in [1.807, 2.05) is 19.9 Å². The van der Waals surface area contributed by atoms with Crippen molar-refractivity contribution in [2.45, 2.75) is 46.3 Å². The molecule has 2 rings (SSSR count). The van der Waals surface area contributed by atoms with Gasteiger partial charge in [-0.2, -0.15) is 0 Å². The van der Waals surface area contributed by atoms with Gasteiger partial charge in [0, 0.05) is 23.5 Å². The van der Waals surface area contributed by atoms with Crippen molar-refractivity contribution >= 4 is 17.7 Å². The number of pyridine rings is 1. The van der Waals surface area contributed by atoms with Crippen LogP contribution in [0.2, 0.25) is 0 Å². The van der Waals surface area contributed by atoms with Gasteiger partial charge in [0.2, 0.25) is 0 Å². The predicted molar refractivity (Wildman–Crippen MR) is 101 cm³/mol. The fourth-order valence-electron chi connectivity index (χ4n) is 2.23. The van der Waals surface area contributed by atoms with E-state index in [9.17, 15) is 9.59 Å². The summed E-state index contributed by atoms with van der Waals surface area (Å²) in [7, 11) is 0. The van der Waals surface area contributed by atoms with E-state index in [0.717, 1.165) is 0 Å². The van der Waals surface area contributed by atoms with E-state index in [1.165, 1.54) is 4.57 Å². The zero-order valence-electron chi connectivity index (χ0n) is 15.8. The van der Waals surface area contributed by atoms with Crippen molar-refractivity contribution in [3.63, 3.8) is 0 Å². The Labute approximate surface area is 153 Å². The number of amides is 1. The van der Waals surface area contributed by atoms with Crippen molar-refractivity contribution in [3.05, 3.63) is 59.7 Å². The maximum atomic E-state index is 12.8. The zero-order chi connectivity index (χ0) is 19.3. The van der Waals surface area contributed by atoms with Gasteiger partial charge in [-0.3, -0.25) is 19.7 Å². The number of anilines is 1. The number of carbonyl (C=O) groups is 2. The lowest BCUT2D eigenvalue weighted by molar-refractivity contribution is 0.0635. The molecule has 0 radical (unpaired) electrons. The van der Waals surface area contributed by atoms with E-state index in [0.29, 0.717) is 16.7 Å². The summed E-state index contributed by atoms with van der Waals surface area (Å²) in [6, 6.07) is 12.2. The SMILES string of the molecule is CC(C)N=c1ccccn1C(=O)c1ccc(NC(=O)OC(C)(C)C)cc1. The molecule has 1 heterocycles. The van der Waals surface area contributed by atoms with Gasteiger partial charge >= 0.3 is 6.09 Å². The molecule has 1 amide bonds. The molecule has 1 aromatic heterocycles. The quantitative estimate of drug-likeness (QED) is 0.909. The van der Waals surface area contributed by atoms with Gasteiger partial charge in [0.05, 0.1) is 0 Å². The number of hydrogen-bond acceptors (Lipinski definition) is 4. The Bertz CT molecular complexity index is 844. The van der Waals surface area contributed by atoms with Crippen LogP contribution in [0, 0.1) is 0 Å². The second kappa shape index (κ2) is 7.99. The van der Waals surface area contributed by atoms with Crippen LogP contribution in [0.3, 0.4) is 0 Å². The summed E-state index contributed by atoms with van der Waals surface area (Å²) in [5, 5.41) is 2.64. The summed E-state index contributed by atoms with van der Waals surface area (Å²) in [4.78, 5) is 29.0. The topological polar surface area (TPSA) is 72.7 Å². The number of carbonyl (C=O) groups excluding carboxylic acids is 2. The summed E-state index contributed by atoms with van der Waals surface area (Å²) in [5.41, 5.74) is 1.08. The molecular formula is C20H25N3O3. The first-order valence-corrected chi connectivity index (χ1v) is 8.52. The van der Waals surface area contributed by atoms with Crippen LogP contribution in [0.5, 0.6) is 0 Å². The summed E-state index contributed by atoms with van der Waals surface area (Å²) < 4.78 is 6.72. The molecule has 6 nitrogen and oxygen atoms in total. The van der Waals surface area contributed by atoms with Crippen LogP contribution in [0.25, 0.3) is 0 Å². The van der Waals surface area contributed by atoms with Crippen LogP contribution in [0.15, 0.2) is 53.7 Å². The van der Waals surface area contributed by atoms with Gasteiger partial charge in [-0.25, -0.2) is 4.79 Å². The van der Waals surface area contributed by atoms with Gasteiger partial charge in [0.25, 0.3) is 5.91 Å². The molecule has 2 aromatic rings. The highest BCUT2D eigenvalue weighted by atomic mass is 16.6. The van der Waals surface area contributed by atoms with E-state index in [-0.39, 0.29) is 11.9 Å². The molecule has 0 atom stereocenters. The number of nitrogens with one attached hydrogen (secondary N) is 1. The summed E-state index contributed by atoms with van der Waals surface area (Å²) in [5.74, 6) is -0.186. The first-order chi connectivity index (χ1) is 12.2. The fraction of sp³-hybridized carbons (Fsp3) is 0.350. The summed E-state index contributed by atoms with van der Waals surface area (Å²) in [6.45, 7) is 9.31. The standard InChI is InChI=1S/C20H25N3O3/c1-14(2)21-17-8-6-7-13-23(17)18(24)15-9-11-16(12-10-15)22-19(25)26-20(3,4)5/h6-14H,1-5H3,(H,22,25). The molecule has 0 aliphatic carbocycles. The highest BCUT2D eigenvalue weighted by Crippen LogP contribution is 2.13. The third-order valence-electron chi connectivity index (χ3n) is 3.22. The van der Waals surface area contributed by atoms with Crippen LogP contribution in [0.4, 0.5) is 10.5 Å². The van der Waals surface area contributed by atoms with Gasteiger partial charge < -0.3 is 4.74 Å². The lowest BCUT2D eigenvalue weighted by Gasteiger charge is -2.19. The Morgan fingerprint density at radius 2 is 1.73 bits per heavy atom. The van der Waals surface area contributed by atoms with Gasteiger partial charge in [0.1, 0.15) is 11.1 Å². The van der Waals surface area contributed by atoms with E-state index < -0.39 is 11.7 Å². The first-order valence-electron chi connectivity index (χ1n) is 8.52. The largest absolute Gasteiger partial charge is 0.444 e. The van der Waals surface area contributed by atoms with Crippen molar-refractivity contribution in [1.29, 1.82) is 0 Å². The Hall–Kier alpha value is -2.89. The van der Waals surface area contributed by atoms with E-state index in [4.69, 9.17) is 4.74 Å². The van der Waals surface area contributed by atoms with Crippen LogP contribution in [-0.4, -0.2) is 28.2 Å². The van der Waals surface area contributed by atoms with Gasteiger partial charge in [0.15, 0.2) is 0 Å². The Kier molecular flexibility index (Phi) is 5.97. The van der Waals surface area contributed by atoms with Crippen molar-refractivity contribution < 1.29 is 14.3 Å². The average Bonchev–Trinajstić information content (AvgIpc) is 2.53. The van der Waals surface area contributed by atoms with E-state index in [2.05, 4.69) is 10.3 Å². The minimum absolute atomic E-state index is 0.0804. The maximum Gasteiger partial charge on any atom is 0.412 e. The third-order valence-corrected chi connectivity index (χ3v) is 3.22. The summed E-state index contributed by atoms with van der Waals surface area (Å²) in [6.07, 6.45) is 1.16. The fourth-order valence-corrected chi connectivity index (χ4v) is 2.23. The van der Waals surface area contributed by atoms with Gasteiger partial charge in [-0.1, -0.05) is 6.07 Å². The molecule has 0 aliphatic heterocycles. The lowest BCUT2D eigenvalue weighted by Crippen LogP contribution is -2.28. The van der Waals surface area contributed by atoms with Crippen LogP contribution >= 0.6 is 0 Å². The maximum absolute atomic E-state index is 12.8. The normalized spacial score (nSPS) is 12.2. The molecular weight excluding hydrogens is 330 g/mol. The first kappa shape index (κ1) is 19.4. The molecule has 138 valence electrons. The number of hydrogen-bond donors (Lipinski definition) is 1. The zero-order valence-corrected chi connectivity index (χ0v) is 15.8. The monoisotopic (exact) mass is 355 g/mol. The molecule has 0 saturated heterocycles. The van der Waals surface area contributed by atoms with Crippen LogP contribution < -0.4 is 10.8 Å². The molecule has 0 aliphatic rings. The molecule has 0 spiro atoms. The predicted octanol–water partition coefficient (Wildman–Crippen LogP) is 3.83. The highest BCUT2D eigenvalue weighted by molar-refractivity contribution is 5.96. The summed E-state index contributed by atoms with van der Waals surface area (Å²) >= 11 is 0. The molecule has 6 heteroatoms. The molecule has 0 bridgehead atoms. The number of nitrogens with zero attached hydrogens (tertiary/aromatic N) is 2. The van der Waals surface area contributed by atoms with E-state index in [1.54, 1.807) is 63.4 Å². The van der Waals surface area contributed by atoms with Crippen LogP contribution in [0.1, 0.15) is 45.0 Å². The Balaban J connectivity index is 2.19. The number of rotatable bonds is 3. The number of aromatic nitrogens is 1. The lowest BCUT2D eigenvalue weighted by atomic mass is 10.2.